The van der Waals surface area contributed by atoms with Gasteiger partial charge in [0.15, 0.2) is 0 Å². The van der Waals surface area contributed by atoms with Crippen LogP contribution < -0.4 is 4.74 Å². The van der Waals surface area contributed by atoms with Crippen molar-refractivity contribution < 1.29 is 9.53 Å². The molecular formula is C15H22N2O2. The van der Waals surface area contributed by atoms with Crippen LogP contribution in [-0.2, 0) is 0 Å². The van der Waals surface area contributed by atoms with Gasteiger partial charge in [-0.15, -0.1) is 0 Å². The summed E-state index contributed by atoms with van der Waals surface area (Å²) in [4.78, 5) is 18.6. The van der Waals surface area contributed by atoms with Gasteiger partial charge in [-0.3, -0.25) is 4.79 Å². The molecule has 1 amide bonds. The van der Waals surface area contributed by atoms with Crippen molar-refractivity contribution in [2.75, 3.05) is 13.2 Å². The summed E-state index contributed by atoms with van der Waals surface area (Å²) >= 11 is 0. The van der Waals surface area contributed by atoms with Crippen LogP contribution in [0.5, 0.6) is 5.88 Å². The molecule has 0 bridgehead atoms. The summed E-state index contributed by atoms with van der Waals surface area (Å²) in [5.41, 5.74) is 0.649. The van der Waals surface area contributed by atoms with Gasteiger partial charge in [-0.2, -0.15) is 0 Å². The quantitative estimate of drug-likeness (QED) is 0.791. The number of pyridine rings is 1. The number of hydrogen-bond acceptors (Lipinski definition) is 3. The van der Waals surface area contributed by atoms with Gasteiger partial charge in [0.2, 0.25) is 5.88 Å². The van der Waals surface area contributed by atoms with Gasteiger partial charge in [-0.1, -0.05) is 13.8 Å². The Morgan fingerprint density at radius 2 is 2.21 bits per heavy atom. The Morgan fingerprint density at radius 3 is 2.68 bits per heavy atom. The molecule has 1 aliphatic rings. The van der Waals surface area contributed by atoms with E-state index in [9.17, 15) is 4.79 Å². The molecule has 0 N–H and O–H groups in total. The minimum atomic E-state index is 0.0896. The zero-order valence-electron chi connectivity index (χ0n) is 11.9. The van der Waals surface area contributed by atoms with E-state index in [2.05, 4.69) is 18.8 Å². The summed E-state index contributed by atoms with van der Waals surface area (Å²) in [7, 11) is 0. The highest BCUT2D eigenvalue weighted by Crippen LogP contribution is 2.29. The Morgan fingerprint density at radius 1 is 1.47 bits per heavy atom. The molecule has 1 heterocycles. The van der Waals surface area contributed by atoms with Crippen LogP contribution in [0.1, 0.15) is 44.0 Å². The Kier molecular flexibility index (Phi) is 4.40. The van der Waals surface area contributed by atoms with Crippen LogP contribution in [0.4, 0.5) is 0 Å². The Balaban J connectivity index is 2.07. The molecule has 0 spiro atoms. The molecule has 0 unspecified atom stereocenters. The second-order valence-electron chi connectivity index (χ2n) is 5.40. The maximum Gasteiger partial charge on any atom is 0.255 e. The largest absolute Gasteiger partial charge is 0.478 e. The van der Waals surface area contributed by atoms with E-state index >= 15 is 0 Å². The lowest BCUT2D eigenvalue weighted by atomic mass is 10.1. The smallest absolute Gasteiger partial charge is 0.255 e. The second-order valence-corrected chi connectivity index (χ2v) is 5.40. The first-order chi connectivity index (χ1) is 9.11. The van der Waals surface area contributed by atoms with Gasteiger partial charge in [0.1, 0.15) is 0 Å². The zero-order chi connectivity index (χ0) is 13.8. The third-order valence-corrected chi connectivity index (χ3v) is 3.09. The molecule has 4 heteroatoms. The van der Waals surface area contributed by atoms with Crippen molar-refractivity contribution in [2.45, 2.75) is 39.7 Å². The fourth-order valence-corrected chi connectivity index (χ4v) is 2.08. The fraction of sp³-hybridized carbons (Fsp3) is 0.600. The number of carbonyl (C=O) groups is 1. The van der Waals surface area contributed by atoms with E-state index in [1.807, 2.05) is 11.8 Å². The Bertz CT molecular complexity index is 424. The van der Waals surface area contributed by atoms with Crippen molar-refractivity contribution in [3.8, 4) is 5.88 Å². The van der Waals surface area contributed by atoms with Gasteiger partial charge in [-0.25, -0.2) is 4.98 Å². The van der Waals surface area contributed by atoms with Crippen LogP contribution in [0.25, 0.3) is 0 Å². The standard InChI is InChI=1S/C15H22N2O2/c1-4-19-14-8-5-12(9-16-14)15(18)17(10-11(2)3)13-6-7-13/h5,8-9,11,13H,4,6-7,10H2,1-3H3. The maximum atomic E-state index is 12.5. The molecule has 1 aliphatic carbocycles. The highest BCUT2D eigenvalue weighted by molar-refractivity contribution is 5.94. The number of rotatable bonds is 6. The number of carbonyl (C=O) groups excluding carboxylic acids is 1. The number of aromatic nitrogens is 1. The van der Waals surface area contributed by atoms with Crippen LogP contribution in [0.2, 0.25) is 0 Å². The summed E-state index contributed by atoms with van der Waals surface area (Å²) in [5, 5.41) is 0. The third kappa shape index (κ3) is 3.69. The van der Waals surface area contributed by atoms with Crippen molar-refractivity contribution in [3.05, 3.63) is 23.9 Å². The normalized spacial score (nSPS) is 14.5. The average Bonchev–Trinajstić information content (AvgIpc) is 3.20. The molecule has 0 aromatic carbocycles. The molecule has 1 aromatic heterocycles. The SMILES string of the molecule is CCOc1ccc(C(=O)N(CC(C)C)C2CC2)cn1. The Labute approximate surface area is 114 Å². The van der Waals surface area contributed by atoms with Crippen molar-refractivity contribution >= 4 is 5.91 Å². The topological polar surface area (TPSA) is 42.4 Å². The van der Waals surface area contributed by atoms with Crippen LogP contribution in [0.15, 0.2) is 18.3 Å². The lowest BCUT2D eigenvalue weighted by molar-refractivity contribution is 0.0722. The number of nitrogens with zero attached hydrogens (tertiary/aromatic N) is 2. The van der Waals surface area contributed by atoms with Gasteiger partial charge in [0.05, 0.1) is 12.2 Å². The molecule has 4 nitrogen and oxygen atoms in total. The fourth-order valence-electron chi connectivity index (χ4n) is 2.08. The van der Waals surface area contributed by atoms with E-state index < -0.39 is 0 Å². The molecule has 1 saturated carbocycles. The van der Waals surface area contributed by atoms with E-state index in [1.165, 1.54) is 0 Å². The van der Waals surface area contributed by atoms with Crippen LogP contribution in [-0.4, -0.2) is 35.0 Å². The van der Waals surface area contributed by atoms with Gasteiger partial charge >= 0.3 is 0 Å². The zero-order valence-corrected chi connectivity index (χ0v) is 11.9. The van der Waals surface area contributed by atoms with Crippen molar-refractivity contribution in [3.63, 3.8) is 0 Å². The molecule has 104 valence electrons. The number of amides is 1. The molecule has 0 atom stereocenters. The lowest BCUT2D eigenvalue weighted by Gasteiger charge is -2.24. The number of ether oxygens (including phenoxy) is 1. The highest BCUT2D eigenvalue weighted by Gasteiger charge is 2.33. The summed E-state index contributed by atoms with van der Waals surface area (Å²) in [6.45, 7) is 7.59. The molecule has 0 saturated heterocycles. The minimum absolute atomic E-state index is 0.0896. The highest BCUT2D eigenvalue weighted by atomic mass is 16.5. The van der Waals surface area contributed by atoms with Gasteiger partial charge in [0, 0.05) is 24.8 Å². The molecule has 1 fully saturated rings. The predicted octanol–water partition coefficient (Wildman–Crippen LogP) is 2.74. The average molecular weight is 262 g/mol. The summed E-state index contributed by atoms with van der Waals surface area (Å²) in [6.07, 6.45) is 3.87. The van der Waals surface area contributed by atoms with Crippen LogP contribution >= 0.6 is 0 Å². The molecule has 0 aliphatic heterocycles. The Hall–Kier alpha value is -1.58. The molecule has 1 aromatic rings. The first-order valence-corrected chi connectivity index (χ1v) is 7.01. The van der Waals surface area contributed by atoms with E-state index in [0.29, 0.717) is 30.0 Å². The molecule has 2 rings (SSSR count). The minimum Gasteiger partial charge on any atom is -0.478 e. The van der Waals surface area contributed by atoms with Crippen molar-refractivity contribution in [2.24, 2.45) is 5.92 Å². The van der Waals surface area contributed by atoms with Crippen LogP contribution in [0.3, 0.4) is 0 Å². The van der Waals surface area contributed by atoms with Crippen molar-refractivity contribution in [1.82, 2.24) is 9.88 Å². The van der Waals surface area contributed by atoms with E-state index in [0.717, 1.165) is 19.4 Å². The van der Waals surface area contributed by atoms with E-state index in [-0.39, 0.29) is 5.91 Å². The molecule has 0 radical (unpaired) electrons. The first kappa shape index (κ1) is 13.8. The molecular weight excluding hydrogens is 240 g/mol. The first-order valence-electron chi connectivity index (χ1n) is 7.01. The molecule has 19 heavy (non-hydrogen) atoms. The second kappa shape index (κ2) is 6.04. The maximum absolute atomic E-state index is 12.5. The summed E-state index contributed by atoms with van der Waals surface area (Å²) < 4.78 is 5.29. The predicted molar refractivity (Wildman–Crippen MR) is 74.3 cm³/mol. The summed E-state index contributed by atoms with van der Waals surface area (Å²) in [6, 6.07) is 3.99. The van der Waals surface area contributed by atoms with Crippen molar-refractivity contribution in [1.29, 1.82) is 0 Å². The monoisotopic (exact) mass is 262 g/mol. The van der Waals surface area contributed by atoms with Crippen LogP contribution in [0, 0.1) is 5.92 Å². The van der Waals surface area contributed by atoms with Gasteiger partial charge in [0.25, 0.3) is 5.91 Å². The van der Waals surface area contributed by atoms with Gasteiger partial charge in [-0.05, 0) is 31.7 Å². The van der Waals surface area contributed by atoms with Gasteiger partial charge < -0.3 is 9.64 Å². The van der Waals surface area contributed by atoms with E-state index in [1.54, 1.807) is 18.3 Å². The summed E-state index contributed by atoms with van der Waals surface area (Å²) in [5.74, 6) is 1.15. The lowest BCUT2D eigenvalue weighted by Crippen LogP contribution is -2.36. The third-order valence-electron chi connectivity index (χ3n) is 3.09. The van der Waals surface area contributed by atoms with E-state index in [4.69, 9.17) is 4.74 Å². The number of hydrogen-bond donors (Lipinski definition) is 0.